The fourth-order valence-corrected chi connectivity index (χ4v) is 4.57. The van der Waals surface area contributed by atoms with Crippen LogP contribution in [-0.4, -0.2) is 47.6 Å². The molecule has 3 aromatic carbocycles. The number of rotatable bonds is 9. The van der Waals surface area contributed by atoms with E-state index in [1.807, 2.05) is 24.3 Å². The van der Waals surface area contributed by atoms with Crippen LogP contribution in [0.3, 0.4) is 0 Å². The highest BCUT2D eigenvalue weighted by Crippen LogP contribution is 2.30. The molecule has 1 saturated heterocycles. The minimum atomic E-state index is -0.832. The van der Waals surface area contributed by atoms with Crippen LogP contribution in [0.15, 0.2) is 72.8 Å². The van der Waals surface area contributed by atoms with Crippen LogP contribution in [0.25, 0.3) is 0 Å². The molecule has 196 valence electrons. The molecule has 0 bridgehead atoms. The molecule has 10 heteroatoms. The molecule has 8 nitrogen and oxygen atoms in total. The molecule has 0 saturated carbocycles. The molecule has 0 spiro atoms. The molecule has 38 heavy (non-hydrogen) atoms. The number of esters is 1. The minimum Gasteiger partial charge on any atom is -0.497 e. The van der Waals surface area contributed by atoms with Crippen LogP contribution in [0.2, 0.25) is 5.02 Å². The summed E-state index contributed by atoms with van der Waals surface area (Å²) in [5.41, 5.74) is 2.32. The molecule has 0 aliphatic carbocycles. The fraction of sp³-hybridized carbons (Fsp3) is 0.214. The van der Waals surface area contributed by atoms with Gasteiger partial charge in [0.05, 0.1) is 31.4 Å². The van der Waals surface area contributed by atoms with Gasteiger partial charge in [-0.1, -0.05) is 23.7 Å². The smallest absolute Gasteiger partial charge is 0.338 e. The Bertz CT molecular complexity index is 1330. The zero-order valence-electron chi connectivity index (χ0n) is 20.8. The van der Waals surface area contributed by atoms with Crippen molar-refractivity contribution in [3.63, 3.8) is 0 Å². The van der Waals surface area contributed by atoms with Crippen LogP contribution in [0, 0.1) is 0 Å². The van der Waals surface area contributed by atoms with Crippen molar-refractivity contribution < 1.29 is 23.9 Å². The highest BCUT2D eigenvalue weighted by Gasteiger charge is 2.44. The second kappa shape index (κ2) is 12.1. The van der Waals surface area contributed by atoms with E-state index in [4.69, 9.17) is 33.3 Å². The van der Waals surface area contributed by atoms with Gasteiger partial charge < -0.3 is 19.7 Å². The lowest BCUT2D eigenvalue weighted by Gasteiger charge is -2.24. The molecule has 1 aliphatic heterocycles. The summed E-state index contributed by atoms with van der Waals surface area (Å²) in [6.45, 7) is 2.30. The van der Waals surface area contributed by atoms with Crippen molar-refractivity contribution in [3.05, 3.63) is 88.9 Å². The summed E-state index contributed by atoms with van der Waals surface area (Å²) >= 11 is 11.7. The molecular weight excluding hydrogens is 526 g/mol. The number of carbonyl (C=O) groups is 3. The Morgan fingerprint density at radius 2 is 1.66 bits per heavy atom. The van der Waals surface area contributed by atoms with Crippen molar-refractivity contribution in [3.8, 4) is 5.75 Å². The first kappa shape index (κ1) is 27.1. The Morgan fingerprint density at radius 1 is 1.00 bits per heavy atom. The molecule has 0 aromatic heterocycles. The Balaban J connectivity index is 1.59. The van der Waals surface area contributed by atoms with Crippen molar-refractivity contribution in [2.24, 2.45) is 0 Å². The van der Waals surface area contributed by atoms with E-state index in [9.17, 15) is 14.4 Å². The van der Waals surface area contributed by atoms with E-state index in [1.54, 1.807) is 67.5 Å². The summed E-state index contributed by atoms with van der Waals surface area (Å²) in [6.07, 6.45) is -0.116. The molecule has 1 aliphatic rings. The molecule has 0 radical (unpaired) electrons. The van der Waals surface area contributed by atoms with E-state index < -0.39 is 12.0 Å². The normalized spacial score (nSPS) is 15.0. The number of amides is 2. The van der Waals surface area contributed by atoms with Gasteiger partial charge in [-0.2, -0.15) is 0 Å². The predicted molar refractivity (Wildman–Crippen MR) is 150 cm³/mol. The minimum absolute atomic E-state index is 0.116. The Labute approximate surface area is 231 Å². The molecule has 4 rings (SSSR count). The monoisotopic (exact) mass is 551 g/mol. The number of anilines is 2. The third-order valence-electron chi connectivity index (χ3n) is 5.97. The van der Waals surface area contributed by atoms with Crippen molar-refractivity contribution in [1.82, 2.24) is 4.90 Å². The van der Waals surface area contributed by atoms with Crippen LogP contribution in [0.4, 0.5) is 11.4 Å². The molecule has 2 amide bonds. The van der Waals surface area contributed by atoms with Crippen molar-refractivity contribution in [2.45, 2.75) is 25.9 Å². The number of thiocarbonyl (C=S) groups is 1. The van der Waals surface area contributed by atoms with Gasteiger partial charge >= 0.3 is 5.97 Å². The highest BCUT2D eigenvalue weighted by atomic mass is 35.5. The summed E-state index contributed by atoms with van der Waals surface area (Å²) in [5.74, 6) is -0.422. The van der Waals surface area contributed by atoms with Gasteiger partial charge in [-0.3, -0.25) is 14.5 Å². The van der Waals surface area contributed by atoms with Gasteiger partial charge in [0, 0.05) is 17.3 Å². The van der Waals surface area contributed by atoms with Crippen LogP contribution in [0.5, 0.6) is 5.75 Å². The van der Waals surface area contributed by atoms with Crippen LogP contribution in [0.1, 0.15) is 29.3 Å². The molecular formula is C28H26ClN3O5S. The van der Waals surface area contributed by atoms with Gasteiger partial charge in [0.15, 0.2) is 5.11 Å². The number of hydrogen-bond donors (Lipinski definition) is 1. The number of nitrogens with zero attached hydrogens (tertiary/aromatic N) is 2. The van der Waals surface area contributed by atoms with Crippen molar-refractivity contribution in [2.75, 3.05) is 23.9 Å². The van der Waals surface area contributed by atoms with E-state index in [1.165, 1.54) is 4.90 Å². The first-order valence-electron chi connectivity index (χ1n) is 11.9. The van der Waals surface area contributed by atoms with Crippen LogP contribution in [-0.2, 0) is 20.9 Å². The zero-order chi connectivity index (χ0) is 27.2. The maximum atomic E-state index is 13.7. The second-order valence-corrected chi connectivity index (χ2v) is 9.28. The summed E-state index contributed by atoms with van der Waals surface area (Å²) in [5, 5.41) is 3.62. The summed E-state index contributed by atoms with van der Waals surface area (Å²) in [6, 6.07) is 19.7. The standard InChI is InChI=1S/C28H26ClN3O5S/c1-3-37-27(35)19-6-12-22(13-7-19)32-26(34)24(16-25(33)30-21-10-8-20(29)9-11-21)31(28(32)38)17-18-4-14-23(36-2)15-5-18/h4-15,24H,3,16-17H2,1-2H3,(H,30,33). The Morgan fingerprint density at radius 3 is 2.26 bits per heavy atom. The third-order valence-corrected chi connectivity index (χ3v) is 6.64. The fourth-order valence-electron chi connectivity index (χ4n) is 4.06. The Kier molecular flexibility index (Phi) is 8.60. The van der Waals surface area contributed by atoms with Crippen molar-refractivity contribution in [1.29, 1.82) is 0 Å². The predicted octanol–water partition coefficient (Wildman–Crippen LogP) is 5.06. The lowest BCUT2D eigenvalue weighted by Crippen LogP contribution is -2.37. The molecule has 1 unspecified atom stereocenters. The van der Waals surface area contributed by atoms with Gasteiger partial charge in [0.1, 0.15) is 11.8 Å². The highest BCUT2D eigenvalue weighted by molar-refractivity contribution is 7.80. The Hall–Kier alpha value is -3.95. The average molecular weight is 552 g/mol. The number of methoxy groups -OCH3 is 1. The largest absolute Gasteiger partial charge is 0.497 e. The quantitative estimate of drug-likeness (QED) is 0.294. The first-order chi connectivity index (χ1) is 18.3. The average Bonchev–Trinajstić information content (AvgIpc) is 3.14. The number of benzene rings is 3. The second-order valence-electron chi connectivity index (χ2n) is 8.47. The molecule has 1 heterocycles. The summed E-state index contributed by atoms with van der Waals surface area (Å²) in [4.78, 5) is 41.8. The number of nitrogens with one attached hydrogen (secondary N) is 1. The topological polar surface area (TPSA) is 88.2 Å². The number of ether oxygens (including phenoxy) is 2. The van der Waals surface area contributed by atoms with E-state index in [0.29, 0.717) is 34.3 Å². The number of halogens is 1. The SMILES string of the molecule is CCOC(=O)c1ccc(N2C(=O)C(CC(=O)Nc3ccc(Cl)cc3)N(Cc3ccc(OC)cc3)C2=S)cc1. The van der Waals surface area contributed by atoms with E-state index in [-0.39, 0.29) is 30.0 Å². The summed E-state index contributed by atoms with van der Waals surface area (Å²) < 4.78 is 10.3. The van der Waals surface area contributed by atoms with Gasteiger partial charge in [0.2, 0.25) is 5.91 Å². The van der Waals surface area contributed by atoms with Gasteiger partial charge in [-0.15, -0.1) is 0 Å². The molecule has 1 N–H and O–H groups in total. The molecule has 1 atom stereocenters. The zero-order valence-corrected chi connectivity index (χ0v) is 22.4. The molecule has 3 aromatic rings. The maximum absolute atomic E-state index is 13.7. The van der Waals surface area contributed by atoms with Gasteiger partial charge in [0.25, 0.3) is 5.91 Å². The van der Waals surface area contributed by atoms with E-state index in [2.05, 4.69) is 5.32 Å². The van der Waals surface area contributed by atoms with Gasteiger partial charge in [-0.05, 0) is 85.4 Å². The number of hydrogen-bond acceptors (Lipinski definition) is 6. The van der Waals surface area contributed by atoms with Crippen molar-refractivity contribution >= 4 is 58.1 Å². The lowest BCUT2D eigenvalue weighted by atomic mass is 10.1. The van der Waals surface area contributed by atoms with Crippen LogP contribution < -0.4 is 15.0 Å². The van der Waals surface area contributed by atoms with E-state index in [0.717, 1.165) is 5.56 Å². The first-order valence-corrected chi connectivity index (χ1v) is 12.7. The van der Waals surface area contributed by atoms with Crippen LogP contribution >= 0.6 is 23.8 Å². The third kappa shape index (κ3) is 6.12. The van der Waals surface area contributed by atoms with E-state index >= 15 is 0 Å². The van der Waals surface area contributed by atoms with Gasteiger partial charge in [-0.25, -0.2) is 4.79 Å². The molecule has 1 fully saturated rings. The number of carbonyl (C=O) groups excluding carboxylic acids is 3. The lowest BCUT2D eigenvalue weighted by molar-refractivity contribution is -0.124. The summed E-state index contributed by atoms with van der Waals surface area (Å²) in [7, 11) is 1.59. The maximum Gasteiger partial charge on any atom is 0.338 e.